The first kappa shape index (κ1) is 14.9. The summed E-state index contributed by atoms with van der Waals surface area (Å²) in [6.07, 6.45) is 3.64. The molecule has 0 fully saturated rings. The van der Waals surface area contributed by atoms with Crippen LogP contribution in [0.3, 0.4) is 0 Å². The molecular formula is C16H26N4. The van der Waals surface area contributed by atoms with Crippen LogP contribution >= 0.6 is 0 Å². The molecule has 110 valence electrons. The SMILES string of the molecule is CN(C)C(C)(C)CN=C(N)Nc1ccc2c(c1)CCC2. The lowest BCUT2D eigenvalue weighted by Gasteiger charge is -2.30. The molecule has 0 saturated heterocycles. The normalized spacial score (nSPS) is 15.6. The van der Waals surface area contributed by atoms with Crippen LogP contribution in [0, 0.1) is 0 Å². The molecule has 0 bridgehead atoms. The van der Waals surface area contributed by atoms with E-state index < -0.39 is 0 Å². The zero-order valence-electron chi connectivity index (χ0n) is 13.0. The Bertz CT molecular complexity index is 503. The van der Waals surface area contributed by atoms with E-state index in [2.05, 4.69) is 61.4 Å². The van der Waals surface area contributed by atoms with Crippen molar-refractivity contribution in [3.63, 3.8) is 0 Å². The first-order valence-corrected chi connectivity index (χ1v) is 7.25. The van der Waals surface area contributed by atoms with E-state index in [1.165, 1.54) is 30.4 Å². The van der Waals surface area contributed by atoms with Gasteiger partial charge in [0.15, 0.2) is 5.96 Å². The summed E-state index contributed by atoms with van der Waals surface area (Å²) < 4.78 is 0. The quantitative estimate of drug-likeness (QED) is 0.654. The molecule has 0 saturated carbocycles. The summed E-state index contributed by atoms with van der Waals surface area (Å²) in [5.74, 6) is 0.484. The fourth-order valence-electron chi connectivity index (χ4n) is 2.26. The second-order valence-corrected chi connectivity index (χ2v) is 6.37. The van der Waals surface area contributed by atoms with Gasteiger partial charge in [-0.3, -0.25) is 4.99 Å². The smallest absolute Gasteiger partial charge is 0.193 e. The molecule has 20 heavy (non-hydrogen) atoms. The van der Waals surface area contributed by atoms with Crippen LogP contribution in [0.5, 0.6) is 0 Å². The van der Waals surface area contributed by atoms with E-state index in [1.807, 2.05) is 0 Å². The van der Waals surface area contributed by atoms with Crippen LogP contribution in [-0.2, 0) is 12.8 Å². The molecule has 1 aliphatic rings. The Kier molecular flexibility index (Phi) is 4.33. The van der Waals surface area contributed by atoms with E-state index in [1.54, 1.807) is 0 Å². The summed E-state index contributed by atoms with van der Waals surface area (Å²) in [6, 6.07) is 6.48. The Labute approximate surface area is 122 Å². The maximum absolute atomic E-state index is 5.98. The number of hydrogen-bond donors (Lipinski definition) is 2. The largest absolute Gasteiger partial charge is 0.370 e. The molecule has 0 aliphatic heterocycles. The lowest BCUT2D eigenvalue weighted by Crippen LogP contribution is -2.41. The Hall–Kier alpha value is -1.55. The molecule has 1 aromatic carbocycles. The van der Waals surface area contributed by atoms with Crippen molar-refractivity contribution < 1.29 is 0 Å². The van der Waals surface area contributed by atoms with E-state index in [0.29, 0.717) is 12.5 Å². The summed E-state index contributed by atoms with van der Waals surface area (Å²) in [5.41, 5.74) is 9.93. The van der Waals surface area contributed by atoms with Crippen LogP contribution in [0.4, 0.5) is 5.69 Å². The van der Waals surface area contributed by atoms with Crippen LogP contribution < -0.4 is 11.1 Å². The van der Waals surface area contributed by atoms with Gasteiger partial charge in [-0.05, 0) is 70.5 Å². The number of aliphatic imine (C=N–C) groups is 1. The average Bonchev–Trinajstić information content (AvgIpc) is 2.83. The van der Waals surface area contributed by atoms with Crippen molar-refractivity contribution in [3.05, 3.63) is 29.3 Å². The Morgan fingerprint density at radius 2 is 2.00 bits per heavy atom. The van der Waals surface area contributed by atoms with Gasteiger partial charge in [0.05, 0.1) is 6.54 Å². The first-order chi connectivity index (χ1) is 9.38. The number of hydrogen-bond acceptors (Lipinski definition) is 2. The van der Waals surface area contributed by atoms with E-state index >= 15 is 0 Å². The molecule has 2 rings (SSSR count). The van der Waals surface area contributed by atoms with Crippen LogP contribution in [0.25, 0.3) is 0 Å². The van der Waals surface area contributed by atoms with Gasteiger partial charge in [-0.1, -0.05) is 6.07 Å². The summed E-state index contributed by atoms with van der Waals surface area (Å²) in [6.45, 7) is 4.97. The van der Waals surface area contributed by atoms with Gasteiger partial charge in [-0.15, -0.1) is 0 Å². The predicted octanol–water partition coefficient (Wildman–Crippen LogP) is 2.24. The molecule has 0 aromatic heterocycles. The third-order valence-corrected chi connectivity index (χ3v) is 4.22. The van der Waals surface area contributed by atoms with Crippen molar-refractivity contribution in [2.24, 2.45) is 10.7 Å². The Morgan fingerprint density at radius 1 is 1.30 bits per heavy atom. The maximum Gasteiger partial charge on any atom is 0.193 e. The van der Waals surface area contributed by atoms with E-state index in [-0.39, 0.29) is 5.54 Å². The number of anilines is 1. The van der Waals surface area contributed by atoms with E-state index in [9.17, 15) is 0 Å². The average molecular weight is 274 g/mol. The van der Waals surface area contributed by atoms with Crippen molar-refractivity contribution in [1.29, 1.82) is 0 Å². The summed E-state index contributed by atoms with van der Waals surface area (Å²) in [5, 5.41) is 3.19. The standard InChI is InChI=1S/C16H26N4/c1-16(2,20(3)4)11-18-15(17)19-14-9-8-12-6-5-7-13(12)10-14/h8-10H,5-7,11H2,1-4H3,(H3,17,18,19). The molecule has 0 atom stereocenters. The summed E-state index contributed by atoms with van der Waals surface area (Å²) >= 11 is 0. The number of nitrogens with two attached hydrogens (primary N) is 1. The van der Waals surface area contributed by atoms with Gasteiger partial charge in [0.25, 0.3) is 0 Å². The Balaban J connectivity index is 1.99. The molecule has 0 unspecified atom stereocenters. The molecule has 1 aliphatic carbocycles. The van der Waals surface area contributed by atoms with E-state index in [0.717, 1.165) is 5.69 Å². The number of guanidine groups is 1. The molecule has 0 heterocycles. The zero-order valence-corrected chi connectivity index (χ0v) is 13.0. The van der Waals surface area contributed by atoms with Gasteiger partial charge in [0, 0.05) is 11.2 Å². The lowest BCUT2D eigenvalue weighted by molar-refractivity contribution is 0.205. The first-order valence-electron chi connectivity index (χ1n) is 7.25. The molecule has 3 N–H and O–H groups in total. The van der Waals surface area contributed by atoms with Gasteiger partial charge >= 0.3 is 0 Å². The van der Waals surface area contributed by atoms with Crippen molar-refractivity contribution in [2.45, 2.75) is 38.6 Å². The molecule has 4 heteroatoms. The molecule has 0 spiro atoms. The molecule has 0 radical (unpaired) electrons. The van der Waals surface area contributed by atoms with Crippen molar-refractivity contribution in [2.75, 3.05) is 26.0 Å². The topological polar surface area (TPSA) is 53.6 Å². The number of aryl methyl sites for hydroxylation is 2. The second-order valence-electron chi connectivity index (χ2n) is 6.37. The highest BCUT2D eigenvalue weighted by Gasteiger charge is 2.19. The summed E-state index contributed by atoms with van der Waals surface area (Å²) in [4.78, 5) is 6.60. The minimum atomic E-state index is 0.00420. The second kappa shape index (κ2) is 5.83. The highest BCUT2D eigenvalue weighted by Crippen LogP contribution is 2.24. The molecule has 4 nitrogen and oxygen atoms in total. The number of rotatable bonds is 4. The number of fused-ring (bicyclic) bond motifs is 1. The monoisotopic (exact) mass is 274 g/mol. The van der Waals surface area contributed by atoms with Crippen LogP contribution in [0.1, 0.15) is 31.4 Å². The predicted molar refractivity (Wildman–Crippen MR) is 86.3 cm³/mol. The minimum Gasteiger partial charge on any atom is -0.370 e. The lowest BCUT2D eigenvalue weighted by atomic mass is 10.1. The number of nitrogens with one attached hydrogen (secondary N) is 1. The number of benzene rings is 1. The maximum atomic E-state index is 5.98. The highest BCUT2D eigenvalue weighted by molar-refractivity contribution is 5.92. The van der Waals surface area contributed by atoms with Crippen molar-refractivity contribution in [3.8, 4) is 0 Å². The third kappa shape index (κ3) is 3.51. The molecular weight excluding hydrogens is 248 g/mol. The fourth-order valence-corrected chi connectivity index (χ4v) is 2.26. The van der Waals surface area contributed by atoms with E-state index in [4.69, 9.17) is 5.73 Å². The minimum absolute atomic E-state index is 0.00420. The van der Waals surface area contributed by atoms with Crippen molar-refractivity contribution in [1.82, 2.24) is 4.90 Å². The Morgan fingerprint density at radius 3 is 2.70 bits per heavy atom. The molecule has 1 aromatic rings. The third-order valence-electron chi connectivity index (χ3n) is 4.22. The zero-order chi connectivity index (χ0) is 14.8. The highest BCUT2D eigenvalue weighted by atomic mass is 15.2. The van der Waals surface area contributed by atoms with Crippen LogP contribution in [-0.4, -0.2) is 37.0 Å². The molecule has 0 amide bonds. The van der Waals surface area contributed by atoms with Gasteiger partial charge in [-0.25, -0.2) is 0 Å². The van der Waals surface area contributed by atoms with Crippen molar-refractivity contribution >= 4 is 11.6 Å². The summed E-state index contributed by atoms with van der Waals surface area (Å²) in [7, 11) is 4.11. The van der Waals surface area contributed by atoms with Gasteiger partial charge in [0.2, 0.25) is 0 Å². The van der Waals surface area contributed by atoms with Gasteiger partial charge in [-0.2, -0.15) is 0 Å². The van der Waals surface area contributed by atoms with Crippen LogP contribution in [0.2, 0.25) is 0 Å². The number of nitrogens with zero attached hydrogens (tertiary/aromatic N) is 2. The van der Waals surface area contributed by atoms with Gasteiger partial charge < -0.3 is 16.0 Å². The van der Waals surface area contributed by atoms with Crippen LogP contribution in [0.15, 0.2) is 23.2 Å². The van der Waals surface area contributed by atoms with Gasteiger partial charge in [0.1, 0.15) is 0 Å². The fraction of sp³-hybridized carbons (Fsp3) is 0.562. The number of likely N-dealkylation sites (N-methyl/N-ethyl adjacent to an activating group) is 1.